The summed E-state index contributed by atoms with van der Waals surface area (Å²) in [5, 5.41) is 88.9. The van der Waals surface area contributed by atoms with Gasteiger partial charge >= 0.3 is 85.3 Å². The Morgan fingerprint density at radius 2 is 0.230 bits per heavy atom. The molecule has 0 atom stereocenters. The number of hydrogen-bond acceptors (Lipinski definition) is 28. The van der Waals surface area contributed by atoms with Gasteiger partial charge in [0.25, 0.3) is 0 Å². The molecule has 5 radical (unpaired) electrons. The van der Waals surface area contributed by atoms with Crippen molar-refractivity contribution in [1.82, 2.24) is 0 Å². The molecule has 0 aromatic rings. The summed E-state index contributed by atoms with van der Waals surface area (Å²) in [6.07, 6.45) is 0. The minimum atomic E-state index is -1.08. The van der Waals surface area contributed by atoms with Gasteiger partial charge in [0.1, 0.15) is 0 Å². The summed E-state index contributed by atoms with van der Waals surface area (Å²) >= 11 is 0. The first-order chi connectivity index (χ1) is 25.0. The van der Waals surface area contributed by atoms with Crippen molar-refractivity contribution in [1.29, 1.82) is 0 Å². The van der Waals surface area contributed by atoms with E-state index in [4.69, 9.17) is 145 Å². The van der Waals surface area contributed by atoms with Crippen molar-refractivity contribution in [2.75, 3.05) is 52.4 Å². The number of carboxylic acids is 10. The maximum Gasteiger partial charge on any atom is 2.00 e. The fourth-order valence-corrected chi connectivity index (χ4v) is 0. The molecule has 16 N–H and O–H groups in total. The Labute approximate surface area is 409 Å². The molecule has 0 unspecified atom stereocenters. The minimum absolute atomic E-state index is 0. The Kier molecular flexibility index (Phi) is 296. The van der Waals surface area contributed by atoms with Crippen LogP contribution in [0.25, 0.3) is 0 Å². The third-order valence-electron chi connectivity index (χ3n) is 0.667. The molecule has 0 aliphatic carbocycles. The summed E-state index contributed by atoms with van der Waals surface area (Å²) in [5.74, 6) is -10.8. The van der Waals surface area contributed by atoms with Gasteiger partial charge in [-0.25, -0.2) is 0 Å². The van der Waals surface area contributed by atoms with Crippen molar-refractivity contribution < 1.29 is 184 Å². The number of aliphatic carboxylic acids is 10. The molecular weight excluding hydrogens is 1090 g/mol. The second-order valence-corrected chi connectivity index (χ2v) is 7.23. The second kappa shape index (κ2) is 146. The monoisotopic (exact) mass is 1150 g/mol. The van der Waals surface area contributed by atoms with E-state index in [1.165, 1.54) is 0 Å². The van der Waals surface area contributed by atoms with Crippen LogP contribution in [0.15, 0.2) is 0 Å². The van der Waals surface area contributed by atoms with Crippen LogP contribution in [0.3, 0.4) is 0 Å². The first-order valence-electron chi connectivity index (χ1n) is 14.3. The first kappa shape index (κ1) is 124. The average molecular weight is 1150 g/mol. The Hall–Kier alpha value is -3.02. The van der Waals surface area contributed by atoms with Crippen LogP contribution in [0.2, 0.25) is 0 Å². The van der Waals surface area contributed by atoms with Gasteiger partial charge in [0, 0.05) is 112 Å². The van der Waals surface area contributed by atoms with Gasteiger partial charge in [0.05, 0.1) is 0 Å². The third-order valence-corrected chi connectivity index (χ3v) is 0.667. The van der Waals surface area contributed by atoms with E-state index in [1.54, 1.807) is 0 Å². The maximum absolute atomic E-state index is 8.89. The molecule has 0 saturated carbocycles. The zero-order chi connectivity index (χ0) is 49.4. The summed E-state index contributed by atoms with van der Waals surface area (Å²) in [6, 6.07) is 0. The summed E-state index contributed by atoms with van der Waals surface area (Å²) in [6.45, 7) is 14.5. The smallest absolute Gasteiger partial charge is 0.550 e. The van der Waals surface area contributed by atoms with Crippen molar-refractivity contribution >= 4 is 59.7 Å². The summed E-state index contributed by atoms with van der Waals surface area (Å²) < 4.78 is 0. The standard InChI is InChI=1S/4C2H8N2.10C2H4O2.5Cu/c4*3-1-2-4;10*1-2(3)4;;;;;/h4*1-4H2;10*1H3,(H,3,4);;;;;/q;;;;;;;;;;;;;;5*+2/p-10. The molecule has 0 rings (SSSR count). The Bertz CT molecular complexity index is 630. The van der Waals surface area contributed by atoms with Gasteiger partial charge in [0.2, 0.25) is 0 Å². The van der Waals surface area contributed by atoms with Crippen molar-refractivity contribution in [3.63, 3.8) is 0 Å². The van der Waals surface area contributed by atoms with Gasteiger partial charge in [-0.1, -0.05) is 0 Å². The van der Waals surface area contributed by atoms with E-state index >= 15 is 0 Å². The Balaban J connectivity index is -0.0000000182. The second-order valence-electron chi connectivity index (χ2n) is 7.23. The Morgan fingerprint density at radius 3 is 0.230 bits per heavy atom. The van der Waals surface area contributed by atoms with Crippen molar-refractivity contribution in [3.8, 4) is 0 Å². The molecule has 33 heteroatoms. The molecule has 0 aliphatic rings. The van der Waals surface area contributed by atoms with Gasteiger partial charge in [-0.15, -0.1) is 0 Å². The number of rotatable bonds is 4. The van der Waals surface area contributed by atoms with Gasteiger partial charge in [0.15, 0.2) is 0 Å². The Morgan fingerprint density at radius 1 is 0.213 bits per heavy atom. The largest absolute Gasteiger partial charge is 2.00 e. The van der Waals surface area contributed by atoms with Crippen LogP contribution >= 0.6 is 0 Å². The predicted octanol–water partition coefficient (Wildman–Crippen LogP) is -16.8. The molecule has 0 heterocycles. The van der Waals surface area contributed by atoms with Crippen LogP contribution < -0.4 is 96.9 Å². The zero-order valence-electron chi connectivity index (χ0n) is 34.9. The van der Waals surface area contributed by atoms with Crippen LogP contribution in [0.5, 0.6) is 0 Å². The van der Waals surface area contributed by atoms with E-state index in [0.29, 0.717) is 52.4 Å². The molecule has 0 aliphatic heterocycles. The van der Waals surface area contributed by atoms with Crippen LogP contribution in [-0.4, -0.2) is 112 Å². The van der Waals surface area contributed by atoms with E-state index < -0.39 is 59.7 Å². The molecule has 389 valence electrons. The number of carbonyl (C=O) groups excluding carboxylic acids is 10. The van der Waals surface area contributed by atoms with Crippen LogP contribution in [0, 0.1) is 0 Å². The summed E-state index contributed by atoms with van der Waals surface area (Å²) in [5.41, 5.74) is 39.2. The number of hydrogen-bond donors (Lipinski definition) is 8. The van der Waals surface area contributed by atoms with Crippen LogP contribution in [0.1, 0.15) is 69.2 Å². The van der Waals surface area contributed by atoms with E-state index in [2.05, 4.69) is 0 Å². The maximum atomic E-state index is 8.89. The van der Waals surface area contributed by atoms with Gasteiger partial charge in [-0.05, 0) is 69.2 Å². The molecular formula is C28H62Cu5N8O20. The topological polar surface area (TPSA) is 609 Å². The van der Waals surface area contributed by atoms with Crippen LogP contribution in [0.4, 0.5) is 0 Å². The summed E-state index contributed by atoms with van der Waals surface area (Å²) in [7, 11) is 0. The van der Waals surface area contributed by atoms with Crippen molar-refractivity contribution in [2.45, 2.75) is 69.2 Å². The normalized spacial score (nSPS) is 6.07. The summed E-state index contributed by atoms with van der Waals surface area (Å²) in [4.78, 5) is 88.9. The molecule has 0 spiro atoms. The van der Waals surface area contributed by atoms with Gasteiger partial charge in [-0.2, -0.15) is 0 Å². The van der Waals surface area contributed by atoms with Gasteiger partial charge < -0.3 is 145 Å². The van der Waals surface area contributed by atoms with Crippen LogP contribution in [-0.2, 0) is 133 Å². The molecule has 28 nitrogen and oxygen atoms in total. The van der Waals surface area contributed by atoms with E-state index in [-0.39, 0.29) is 85.3 Å². The van der Waals surface area contributed by atoms with Gasteiger partial charge in [-0.3, -0.25) is 0 Å². The molecule has 0 fully saturated rings. The zero-order valence-corrected chi connectivity index (χ0v) is 39.7. The molecule has 0 amide bonds. The van der Waals surface area contributed by atoms with Crippen molar-refractivity contribution in [3.05, 3.63) is 0 Å². The minimum Gasteiger partial charge on any atom is -0.550 e. The van der Waals surface area contributed by atoms with Crippen molar-refractivity contribution in [2.24, 2.45) is 45.9 Å². The fourth-order valence-electron chi connectivity index (χ4n) is 0. The third kappa shape index (κ3) is 180000. The van der Waals surface area contributed by atoms with E-state index in [0.717, 1.165) is 69.2 Å². The molecule has 0 aromatic carbocycles. The molecule has 0 aromatic heterocycles. The predicted molar refractivity (Wildman–Crippen MR) is 179 cm³/mol. The average Bonchev–Trinajstić information content (AvgIpc) is 2.94. The quantitative estimate of drug-likeness (QED) is 0.121. The number of nitrogens with two attached hydrogens (primary N) is 8. The SMILES string of the molecule is CC(=O)[O-].CC(=O)[O-].CC(=O)[O-].CC(=O)[O-].CC(=O)[O-].CC(=O)[O-].CC(=O)[O-].CC(=O)[O-].CC(=O)[O-].CC(=O)[O-].NCCN.NCCN.NCCN.NCCN.[Cu+2].[Cu+2].[Cu+2].[Cu+2].[Cu+2]. The van der Waals surface area contributed by atoms with E-state index in [9.17, 15) is 0 Å². The number of carbonyl (C=O) groups is 10. The fraction of sp³-hybridized carbons (Fsp3) is 0.643. The molecule has 61 heavy (non-hydrogen) atoms. The first-order valence-corrected chi connectivity index (χ1v) is 14.3. The molecule has 0 bridgehead atoms. The molecule has 0 saturated heterocycles. The number of carboxylic acid groups (broad SMARTS) is 10. The van der Waals surface area contributed by atoms with E-state index in [1.807, 2.05) is 0 Å².